The van der Waals surface area contributed by atoms with E-state index in [1.165, 1.54) is 0 Å². The summed E-state index contributed by atoms with van der Waals surface area (Å²) in [5.74, 6) is 0.644. The summed E-state index contributed by atoms with van der Waals surface area (Å²) in [6, 6.07) is 7.08. The summed E-state index contributed by atoms with van der Waals surface area (Å²) < 4.78 is 27.7. The van der Waals surface area contributed by atoms with Gasteiger partial charge >= 0.3 is 0 Å². The fourth-order valence-electron chi connectivity index (χ4n) is 2.54. The maximum atomic E-state index is 12.5. The highest BCUT2D eigenvalue weighted by atomic mass is 127. The van der Waals surface area contributed by atoms with E-state index in [-0.39, 0.29) is 0 Å². The molecule has 0 aliphatic carbocycles. The average Bonchev–Trinajstić information content (AvgIpc) is 2.46. The van der Waals surface area contributed by atoms with Crippen LogP contribution in [0.5, 0.6) is 0 Å². The molecule has 6 heteroatoms. The van der Waals surface area contributed by atoms with Gasteiger partial charge in [-0.1, -0.05) is 0 Å². The van der Waals surface area contributed by atoms with Crippen molar-refractivity contribution in [3.8, 4) is 0 Å². The van der Waals surface area contributed by atoms with Gasteiger partial charge in [-0.3, -0.25) is 0 Å². The number of rotatable bonds is 5. The minimum Gasteiger partial charge on any atom is -0.320 e. The van der Waals surface area contributed by atoms with E-state index >= 15 is 0 Å². The number of piperidine rings is 1. The molecule has 0 bridgehead atoms. The van der Waals surface area contributed by atoms with Crippen LogP contribution in [0.3, 0.4) is 0 Å². The molecular weight excluding hydrogens is 387 g/mol. The lowest BCUT2D eigenvalue weighted by Gasteiger charge is -2.31. The maximum Gasteiger partial charge on any atom is 0.243 e. The normalized spacial score (nSPS) is 18.3. The van der Waals surface area contributed by atoms with E-state index in [0.29, 0.717) is 23.9 Å². The lowest BCUT2D eigenvalue weighted by Crippen LogP contribution is -2.38. The van der Waals surface area contributed by atoms with Gasteiger partial charge in [-0.25, -0.2) is 8.42 Å². The quantitative estimate of drug-likeness (QED) is 0.761. The highest BCUT2D eigenvalue weighted by Crippen LogP contribution is 2.25. The molecule has 0 saturated carbocycles. The van der Waals surface area contributed by atoms with E-state index in [2.05, 4.69) is 27.9 Å². The topological polar surface area (TPSA) is 49.4 Å². The molecule has 0 unspecified atom stereocenters. The number of hydrogen-bond acceptors (Lipinski definition) is 3. The van der Waals surface area contributed by atoms with E-state index in [9.17, 15) is 8.42 Å². The molecule has 1 saturated heterocycles. The Hall–Kier alpha value is -0.180. The Kier molecular flexibility index (Phi) is 5.83. The van der Waals surface area contributed by atoms with Crippen LogP contribution in [-0.4, -0.2) is 39.4 Å². The van der Waals surface area contributed by atoms with Crippen molar-refractivity contribution in [2.24, 2.45) is 5.92 Å². The summed E-state index contributed by atoms with van der Waals surface area (Å²) in [6.07, 6.45) is 3.06. The summed E-state index contributed by atoms with van der Waals surface area (Å²) in [6.45, 7) is 2.29. The van der Waals surface area contributed by atoms with Gasteiger partial charge in [0.15, 0.2) is 0 Å². The Morgan fingerprint density at radius 1 is 1.25 bits per heavy atom. The molecule has 1 aliphatic heterocycles. The lowest BCUT2D eigenvalue weighted by molar-refractivity contribution is 0.263. The molecule has 112 valence electrons. The Morgan fingerprint density at radius 2 is 1.85 bits per heavy atom. The molecule has 0 radical (unpaired) electrons. The van der Waals surface area contributed by atoms with Crippen LogP contribution in [0.25, 0.3) is 0 Å². The van der Waals surface area contributed by atoms with Crippen LogP contribution in [0.4, 0.5) is 0 Å². The number of nitrogens with zero attached hydrogens (tertiary/aromatic N) is 1. The molecule has 20 heavy (non-hydrogen) atoms. The first-order valence-electron chi connectivity index (χ1n) is 6.94. The lowest BCUT2D eigenvalue weighted by atomic mass is 9.95. The van der Waals surface area contributed by atoms with E-state index in [4.69, 9.17) is 0 Å². The highest BCUT2D eigenvalue weighted by molar-refractivity contribution is 14.1. The molecule has 1 N–H and O–H groups in total. The van der Waals surface area contributed by atoms with Crippen LogP contribution in [0, 0.1) is 9.49 Å². The standard InChI is InChI=1S/C14H21IN2O2S/c1-16-9-6-12-7-10-17(11-8-12)20(18,19)14-4-2-13(15)3-5-14/h2-5,12,16H,6-11H2,1H3. The molecule has 0 amide bonds. The number of halogens is 1. The van der Waals surface area contributed by atoms with Crippen LogP contribution in [0.1, 0.15) is 19.3 Å². The molecule has 0 spiro atoms. The third-order valence-corrected chi connectivity index (χ3v) is 6.46. The largest absolute Gasteiger partial charge is 0.320 e. The monoisotopic (exact) mass is 408 g/mol. The van der Waals surface area contributed by atoms with Crippen molar-refractivity contribution in [3.63, 3.8) is 0 Å². The summed E-state index contributed by atoms with van der Waals surface area (Å²) in [4.78, 5) is 0.409. The first-order chi connectivity index (χ1) is 9.54. The molecule has 1 aromatic carbocycles. The second-order valence-electron chi connectivity index (χ2n) is 5.19. The molecule has 0 atom stereocenters. The Balaban J connectivity index is 2.00. The molecule has 1 fully saturated rings. The number of nitrogens with one attached hydrogen (secondary N) is 1. The first-order valence-corrected chi connectivity index (χ1v) is 9.46. The smallest absolute Gasteiger partial charge is 0.243 e. The minimum atomic E-state index is -3.31. The van der Waals surface area contributed by atoms with Crippen molar-refractivity contribution in [1.82, 2.24) is 9.62 Å². The molecule has 4 nitrogen and oxygen atoms in total. The highest BCUT2D eigenvalue weighted by Gasteiger charge is 2.28. The zero-order valence-corrected chi connectivity index (χ0v) is 14.7. The summed E-state index contributed by atoms with van der Waals surface area (Å²) in [7, 11) is -1.35. The predicted molar refractivity (Wildman–Crippen MR) is 89.2 cm³/mol. The van der Waals surface area contributed by atoms with Gasteiger partial charge in [0.25, 0.3) is 0 Å². The fourth-order valence-corrected chi connectivity index (χ4v) is 4.37. The number of benzene rings is 1. The molecule has 0 aromatic heterocycles. The van der Waals surface area contributed by atoms with Crippen molar-refractivity contribution in [2.45, 2.75) is 24.2 Å². The van der Waals surface area contributed by atoms with Crippen LogP contribution >= 0.6 is 22.6 Å². The predicted octanol–water partition coefficient (Wildman–Crippen LogP) is 2.30. The van der Waals surface area contributed by atoms with Crippen molar-refractivity contribution < 1.29 is 8.42 Å². The van der Waals surface area contributed by atoms with Crippen LogP contribution in [0.15, 0.2) is 29.2 Å². The second kappa shape index (κ2) is 7.20. The fraction of sp³-hybridized carbons (Fsp3) is 0.571. The number of sulfonamides is 1. The second-order valence-corrected chi connectivity index (χ2v) is 8.38. The van der Waals surface area contributed by atoms with Gasteiger partial charge in [-0.15, -0.1) is 0 Å². The zero-order valence-electron chi connectivity index (χ0n) is 11.7. The van der Waals surface area contributed by atoms with E-state index < -0.39 is 10.0 Å². The number of hydrogen-bond donors (Lipinski definition) is 1. The van der Waals surface area contributed by atoms with Gasteiger partial charge in [0.1, 0.15) is 0 Å². The molecule has 1 aliphatic rings. The summed E-state index contributed by atoms with van der Waals surface area (Å²) in [5.41, 5.74) is 0. The summed E-state index contributed by atoms with van der Waals surface area (Å²) >= 11 is 2.18. The van der Waals surface area contributed by atoms with E-state index in [0.717, 1.165) is 29.4 Å². The van der Waals surface area contributed by atoms with Crippen LogP contribution in [-0.2, 0) is 10.0 Å². The van der Waals surface area contributed by atoms with Gasteiger partial charge in [-0.05, 0) is 85.6 Å². The van der Waals surface area contributed by atoms with Crippen molar-refractivity contribution in [3.05, 3.63) is 27.8 Å². The molecule has 1 aromatic rings. The molecule has 1 heterocycles. The summed E-state index contributed by atoms with van der Waals surface area (Å²) in [5, 5.41) is 3.16. The average molecular weight is 408 g/mol. The maximum absolute atomic E-state index is 12.5. The molecule has 2 rings (SSSR count). The Bertz CT molecular complexity index is 523. The van der Waals surface area contributed by atoms with Gasteiger partial charge < -0.3 is 5.32 Å². The zero-order chi connectivity index (χ0) is 14.6. The Labute approximate surface area is 135 Å². The van der Waals surface area contributed by atoms with Gasteiger partial charge in [0, 0.05) is 16.7 Å². The SMILES string of the molecule is CNCCC1CCN(S(=O)(=O)c2ccc(I)cc2)CC1. The minimum absolute atomic E-state index is 0.409. The third-order valence-electron chi connectivity index (χ3n) is 3.83. The van der Waals surface area contributed by atoms with Crippen LogP contribution < -0.4 is 5.32 Å². The third kappa shape index (κ3) is 3.93. The van der Waals surface area contributed by atoms with E-state index in [1.54, 1.807) is 16.4 Å². The Morgan fingerprint density at radius 3 is 2.40 bits per heavy atom. The van der Waals surface area contributed by atoms with E-state index in [1.807, 2.05) is 19.2 Å². The van der Waals surface area contributed by atoms with Gasteiger partial charge in [0.2, 0.25) is 10.0 Å². The van der Waals surface area contributed by atoms with Gasteiger partial charge in [0.05, 0.1) is 4.90 Å². The van der Waals surface area contributed by atoms with Crippen molar-refractivity contribution in [2.75, 3.05) is 26.7 Å². The molecular formula is C14H21IN2O2S. The van der Waals surface area contributed by atoms with Crippen molar-refractivity contribution >= 4 is 32.6 Å². The first kappa shape index (κ1) is 16.2. The van der Waals surface area contributed by atoms with Gasteiger partial charge in [-0.2, -0.15) is 4.31 Å². The van der Waals surface area contributed by atoms with Crippen LogP contribution in [0.2, 0.25) is 0 Å². The van der Waals surface area contributed by atoms with Crippen molar-refractivity contribution in [1.29, 1.82) is 0 Å².